The predicted octanol–water partition coefficient (Wildman–Crippen LogP) is 2.95. The Kier molecular flexibility index (Phi) is 4.66. The van der Waals surface area contributed by atoms with Gasteiger partial charge in [-0.15, -0.1) is 0 Å². The molecule has 4 N–H and O–H groups in total. The van der Waals surface area contributed by atoms with E-state index >= 15 is 0 Å². The van der Waals surface area contributed by atoms with Crippen molar-refractivity contribution >= 4 is 11.6 Å². The third kappa shape index (κ3) is 3.66. The molecule has 5 heteroatoms. The lowest BCUT2D eigenvalue weighted by Crippen LogP contribution is -2.13. The monoisotopic (exact) mass is 286 g/mol. The molecule has 0 aliphatic heterocycles. The van der Waals surface area contributed by atoms with Crippen LogP contribution in [-0.4, -0.2) is 12.5 Å². The summed E-state index contributed by atoms with van der Waals surface area (Å²) >= 11 is 0. The van der Waals surface area contributed by atoms with Gasteiger partial charge < -0.3 is 20.9 Å². The molecule has 21 heavy (non-hydrogen) atoms. The number of para-hydroxylation sites is 2. The molecular formula is C16H18N2O3. The van der Waals surface area contributed by atoms with Crippen molar-refractivity contribution in [3.05, 3.63) is 48.0 Å². The highest BCUT2D eigenvalue weighted by molar-refractivity contribution is 5.98. The van der Waals surface area contributed by atoms with Gasteiger partial charge in [0.05, 0.1) is 12.2 Å². The van der Waals surface area contributed by atoms with Crippen LogP contribution in [0.2, 0.25) is 0 Å². The van der Waals surface area contributed by atoms with Crippen LogP contribution in [0.4, 0.5) is 5.69 Å². The second-order valence-corrected chi connectivity index (χ2v) is 4.51. The van der Waals surface area contributed by atoms with Gasteiger partial charge in [0.25, 0.3) is 5.91 Å². The van der Waals surface area contributed by atoms with Gasteiger partial charge in [-0.1, -0.05) is 19.1 Å². The van der Waals surface area contributed by atoms with Crippen LogP contribution in [0.3, 0.4) is 0 Å². The minimum atomic E-state index is -0.589. The Morgan fingerprint density at radius 3 is 2.52 bits per heavy atom. The number of carbonyl (C=O) groups is 1. The van der Waals surface area contributed by atoms with Crippen LogP contribution in [0.1, 0.15) is 23.7 Å². The van der Waals surface area contributed by atoms with Crippen molar-refractivity contribution in [1.29, 1.82) is 0 Å². The topological polar surface area (TPSA) is 87.6 Å². The smallest absolute Gasteiger partial charge is 0.250 e. The van der Waals surface area contributed by atoms with Crippen LogP contribution in [0.25, 0.3) is 0 Å². The van der Waals surface area contributed by atoms with Crippen LogP contribution in [0, 0.1) is 0 Å². The molecule has 0 spiro atoms. The van der Waals surface area contributed by atoms with Gasteiger partial charge in [0.1, 0.15) is 5.75 Å². The summed E-state index contributed by atoms with van der Waals surface area (Å²) in [5.74, 6) is 1.11. The normalized spacial score (nSPS) is 10.1. The van der Waals surface area contributed by atoms with Gasteiger partial charge in [-0.2, -0.15) is 0 Å². The van der Waals surface area contributed by atoms with Crippen LogP contribution < -0.4 is 20.9 Å². The third-order valence-electron chi connectivity index (χ3n) is 2.83. The lowest BCUT2D eigenvalue weighted by Gasteiger charge is -2.12. The number of primary amides is 1. The zero-order valence-corrected chi connectivity index (χ0v) is 11.8. The van der Waals surface area contributed by atoms with E-state index in [2.05, 4.69) is 0 Å². The van der Waals surface area contributed by atoms with Gasteiger partial charge >= 0.3 is 0 Å². The Bertz CT molecular complexity index is 641. The second kappa shape index (κ2) is 6.65. The number of ether oxygens (including phenoxy) is 2. The van der Waals surface area contributed by atoms with E-state index in [1.807, 2.05) is 25.1 Å². The molecule has 0 saturated heterocycles. The molecule has 0 fully saturated rings. The number of rotatable bonds is 6. The van der Waals surface area contributed by atoms with E-state index in [1.54, 1.807) is 18.2 Å². The summed E-state index contributed by atoms with van der Waals surface area (Å²) in [4.78, 5) is 11.3. The van der Waals surface area contributed by atoms with Crippen molar-refractivity contribution in [3.63, 3.8) is 0 Å². The fourth-order valence-electron chi connectivity index (χ4n) is 1.80. The third-order valence-corrected chi connectivity index (χ3v) is 2.83. The first-order valence-electron chi connectivity index (χ1n) is 6.71. The maximum Gasteiger partial charge on any atom is 0.250 e. The first kappa shape index (κ1) is 14.7. The van der Waals surface area contributed by atoms with Crippen molar-refractivity contribution in [2.24, 2.45) is 5.73 Å². The van der Waals surface area contributed by atoms with Gasteiger partial charge in [0, 0.05) is 5.69 Å². The van der Waals surface area contributed by atoms with E-state index in [0.29, 0.717) is 29.5 Å². The molecular weight excluding hydrogens is 268 g/mol. The number of amides is 1. The van der Waals surface area contributed by atoms with E-state index in [9.17, 15) is 4.79 Å². The molecule has 110 valence electrons. The SMILES string of the molecule is CCCOc1ccccc1Oc1ccc(N)c(C(N)=O)c1. The van der Waals surface area contributed by atoms with Gasteiger partial charge in [-0.3, -0.25) is 4.79 Å². The van der Waals surface area contributed by atoms with Crippen LogP contribution >= 0.6 is 0 Å². The maximum absolute atomic E-state index is 11.3. The van der Waals surface area contributed by atoms with E-state index in [1.165, 1.54) is 6.07 Å². The maximum atomic E-state index is 11.3. The number of hydrogen-bond acceptors (Lipinski definition) is 4. The van der Waals surface area contributed by atoms with Gasteiger partial charge in [-0.25, -0.2) is 0 Å². The summed E-state index contributed by atoms with van der Waals surface area (Å²) < 4.78 is 11.4. The summed E-state index contributed by atoms with van der Waals surface area (Å²) in [6, 6.07) is 12.1. The van der Waals surface area contributed by atoms with Crippen molar-refractivity contribution in [2.45, 2.75) is 13.3 Å². The Morgan fingerprint density at radius 1 is 1.14 bits per heavy atom. The molecule has 0 bridgehead atoms. The van der Waals surface area contributed by atoms with Crippen LogP contribution in [-0.2, 0) is 0 Å². The lowest BCUT2D eigenvalue weighted by atomic mass is 10.1. The average molecular weight is 286 g/mol. The second-order valence-electron chi connectivity index (χ2n) is 4.51. The minimum absolute atomic E-state index is 0.236. The predicted molar refractivity (Wildman–Crippen MR) is 81.7 cm³/mol. The number of nitrogens with two attached hydrogens (primary N) is 2. The highest BCUT2D eigenvalue weighted by atomic mass is 16.5. The molecule has 0 aromatic heterocycles. The standard InChI is InChI=1S/C16H18N2O3/c1-2-9-20-14-5-3-4-6-15(14)21-11-7-8-13(17)12(10-11)16(18)19/h3-8,10H,2,9,17H2,1H3,(H2,18,19). The number of nitrogen functional groups attached to an aromatic ring is 1. The number of hydrogen-bond donors (Lipinski definition) is 2. The Hall–Kier alpha value is -2.69. The number of benzene rings is 2. The molecule has 0 aliphatic carbocycles. The Labute approximate surface area is 123 Å². The highest BCUT2D eigenvalue weighted by Gasteiger charge is 2.10. The van der Waals surface area contributed by atoms with E-state index in [0.717, 1.165) is 6.42 Å². The van der Waals surface area contributed by atoms with Gasteiger partial charge in [-0.05, 0) is 36.8 Å². The van der Waals surface area contributed by atoms with Crippen molar-refractivity contribution in [1.82, 2.24) is 0 Å². The molecule has 2 rings (SSSR count). The Balaban J connectivity index is 2.26. The zero-order valence-electron chi connectivity index (χ0n) is 11.8. The molecule has 2 aromatic carbocycles. The van der Waals surface area contributed by atoms with Crippen LogP contribution in [0.5, 0.6) is 17.2 Å². The minimum Gasteiger partial charge on any atom is -0.490 e. The molecule has 5 nitrogen and oxygen atoms in total. The molecule has 0 atom stereocenters. The molecule has 0 aliphatic rings. The molecule has 0 heterocycles. The summed E-state index contributed by atoms with van der Waals surface area (Å²) in [6.07, 6.45) is 0.905. The molecule has 0 radical (unpaired) electrons. The molecule has 0 saturated carbocycles. The molecule has 2 aromatic rings. The Morgan fingerprint density at radius 2 is 1.86 bits per heavy atom. The fourth-order valence-corrected chi connectivity index (χ4v) is 1.80. The first-order chi connectivity index (χ1) is 10.1. The average Bonchev–Trinajstić information content (AvgIpc) is 2.48. The summed E-state index contributed by atoms with van der Waals surface area (Å²) in [5, 5.41) is 0. The summed E-state index contributed by atoms with van der Waals surface area (Å²) in [7, 11) is 0. The van der Waals surface area contributed by atoms with E-state index in [4.69, 9.17) is 20.9 Å². The van der Waals surface area contributed by atoms with Gasteiger partial charge in [0.15, 0.2) is 11.5 Å². The highest BCUT2D eigenvalue weighted by Crippen LogP contribution is 2.32. The quantitative estimate of drug-likeness (QED) is 0.799. The fraction of sp³-hybridized carbons (Fsp3) is 0.188. The largest absolute Gasteiger partial charge is 0.490 e. The van der Waals surface area contributed by atoms with Crippen molar-refractivity contribution < 1.29 is 14.3 Å². The van der Waals surface area contributed by atoms with Gasteiger partial charge in [0.2, 0.25) is 0 Å². The summed E-state index contributed by atoms with van der Waals surface area (Å²) in [6.45, 7) is 2.64. The van der Waals surface area contributed by atoms with E-state index < -0.39 is 5.91 Å². The number of carbonyl (C=O) groups excluding carboxylic acids is 1. The molecule has 0 unspecified atom stereocenters. The number of anilines is 1. The lowest BCUT2D eigenvalue weighted by molar-refractivity contribution is 0.100. The van der Waals surface area contributed by atoms with Crippen LogP contribution in [0.15, 0.2) is 42.5 Å². The zero-order chi connectivity index (χ0) is 15.2. The van der Waals surface area contributed by atoms with Crippen molar-refractivity contribution in [2.75, 3.05) is 12.3 Å². The molecule has 1 amide bonds. The summed E-state index contributed by atoms with van der Waals surface area (Å²) in [5.41, 5.74) is 11.5. The first-order valence-corrected chi connectivity index (χ1v) is 6.71. The van der Waals surface area contributed by atoms with Crippen molar-refractivity contribution in [3.8, 4) is 17.2 Å². The van der Waals surface area contributed by atoms with E-state index in [-0.39, 0.29) is 5.56 Å².